The molecule has 0 aliphatic rings. The van der Waals surface area contributed by atoms with Crippen LogP contribution in [0.25, 0.3) is 0 Å². The normalized spacial score (nSPS) is 10.3. The van der Waals surface area contributed by atoms with Crippen molar-refractivity contribution < 1.29 is 27.8 Å². The topological polar surface area (TPSA) is 88.7 Å². The Kier molecular flexibility index (Phi) is 8.01. The van der Waals surface area contributed by atoms with Gasteiger partial charge in [0, 0.05) is 18.8 Å². The molecular formula is C19H21F2N3O4. The zero-order chi connectivity index (χ0) is 20.4. The lowest BCUT2D eigenvalue weighted by molar-refractivity contribution is -0.0498. The predicted octanol–water partition coefficient (Wildman–Crippen LogP) is 3.51. The van der Waals surface area contributed by atoms with Gasteiger partial charge in [0.1, 0.15) is 5.75 Å². The number of carbonyl (C=O) groups excluding carboxylic acids is 2. The molecule has 0 saturated carbocycles. The van der Waals surface area contributed by atoms with Gasteiger partial charge in [-0.25, -0.2) is 4.79 Å². The molecule has 0 aliphatic heterocycles. The lowest BCUT2D eigenvalue weighted by Gasteiger charge is -2.13. The van der Waals surface area contributed by atoms with Gasteiger partial charge in [0.05, 0.1) is 17.9 Å². The Morgan fingerprint density at radius 2 is 1.68 bits per heavy atom. The van der Waals surface area contributed by atoms with Crippen molar-refractivity contribution in [2.75, 3.05) is 25.0 Å². The highest BCUT2D eigenvalue weighted by Gasteiger charge is 2.11. The number of rotatable bonds is 9. The molecule has 0 heterocycles. The number of alkyl halides is 2. The van der Waals surface area contributed by atoms with E-state index in [-0.39, 0.29) is 31.4 Å². The van der Waals surface area contributed by atoms with Gasteiger partial charge in [0.15, 0.2) is 0 Å². The van der Waals surface area contributed by atoms with E-state index in [2.05, 4.69) is 20.7 Å². The zero-order valence-corrected chi connectivity index (χ0v) is 15.2. The van der Waals surface area contributed by atoms with Crippen molar-refractivity contribution >= 4 is 23.4 Å². The third-order valence-electron chi connectivity index (χ3n) is 3.49. The summed E-state index contributed by atoms with van der Waals surface area (Å²) >= 11 is 0. The van der Waals surface area contributed by atoms with Crippen LogP contribution in [0.5, 0.6) is 5.75 Å². The number of para-hydroxylation sites is 1. The fourth-order valence-electron chi connectivity index (χ4n) is 2.28. The quantitative estimate of drug-likeness (QED) is 0.568. The molecule has 0 fully saturated rings. The highest BCUT2D eigenvalue weighted by atomic mass is 19.3. The lowest BCUT2D eigenvalue weighted by Crippen LogP contribution is -2.35. The lowest BCUT2D eigenvalue weighted by atomic mass is 10.1. The van der Waals surface area contributed by atoms with Crippen LogP contribution in [0.1, 0.15) is 17.3 Å². The van der Waals surface area contributed by atoms with Crippen LogP contribution < -0.4 is 20.7 Å². The predicted molar refractivity (Wildman–Crippen MR) is 100 cm³/mol. The molecule has 7 nitrogen and oxygen atoms in total. The SMILES string of the molecule is CCOC(=O)NCCNC(=O)c1ccccc1Nc1ccc(OC(F)F)cc1. The standard InChI is InChI=1S/C19H21F2N3O4/c1-2-27-19(26)23-12-11-22-17(25)15-5-3-4-6-16(15)24-13-7-9-14(10-8-13)28-18(20)21/h3-10,18,24H,2,11-12H2,1H3,(H,22,25)(H,23,26). The largest absolute Gasteiger partial charge is 0.450 e. The summed E-state index contributed by atoms with van der Waals surface area (Å²) in [4.78, 5) is 23.6. The first kappa shape index (κ1) is 20.9. The molecule has 0 radical (unpaired) electrons. The molecule has 28 heavy (non-hydrogen) atoms. The Hall–Kier alpha value is -3.36. The minimum Gasteiger partial charge on any atom is -0.450 e. The number of carbonyl (C=O) groups is 2. The number of benzene rings is 2. The van der Waals surface area contributed by atoms with Crippen LogP contribution in [0, 0.1) is 0 Å². The molecule has 2 aromatic carbocycles. The maximum atomic E-state index is 12.4. The van der Waals surface area contributed by atoms with Gasteiger partial charge in [0.25, 0.3) is 5.91 Å². The van der Waals surface area contributed by atoms with Gasteiger partial charge in [-0.1, -0.05) is 12.1 Å². The van der Waals surface area contributed by atoms with Crippen LogP contribution in [-0.4, -0.2) is 38.3 Å². The van der Waals surface area contributed by atoms with E-state index >= 15 is 0 Å². The summed E-state index contributed by atoms with van der Waals surface area (Å²) in [6, 6.07) is 12.8. The summed E-state index contributed by atoms with van der Waals surface area (Å²) in [6.45, 7) is -0.462. The summed E-state index contributed by atoms with van der Waals surface area (Å²) in [7, 11) is 0. The van der Waals surface area contributed by atoms with Crippen molar-refractivity contribution in [1.82, 2.24) is 10.6 Å². The number of amides is 2. The van der Waals surface area contributed by atoms with Crippen molar-refractivity contribution in [1.29, 1.82) is 0 Å². The van der Waals surface area contributed by atoms with E-state index in [0.717, 1.165) is 0 Å². The number of hydrogen-bond acceptors (Lipinski definition) is 5. The maximum absolute atomic E-state index is 12.4. The molecule has 0 bridgehead atoms. The molecule has 2 aromatic rings. The molecule has 0 aromatic heterocycles. The number of halogens is 2. The fraction of sp³-hybridized carbons (Fsp3) is 0.263. The van der Waals surface area contributed by atoms with Gasteiger partial charge in [-0.05, 0) is 43.3 Å². The van der Waals surface area contributed by atoms with Gasteiger partial charge < -0.3 is 25.4 Å². The van der Waals surface area contributed by atoms with E-state index in [9.17, 15) is 18.4 Å². The average molecular weight is 393 g/mol. The number of hydrogen-bond donors (Lipinski definition) is 3. The Morgan fingerprint density at radius 3 is 2.36 bits per heavy atom. The number of alkyl carbamates (subject to hydrolysis) is 1. The van der Waals surface area contributed by atoms with E-state index in [1.165, 1.54) is 12.1 Å². The summed E-state index contributed by atoms with van der Waals surface area (Å²) in [5.74, 6) is -0.285. The minimum absolute atomic E-state index is 0.0423. The van der Waals surface area contributed by atoms with E-state index < -0.39 is 12.7 Å². The second-order valence-electron chi connectivity index (χ2n) is 5.48. The van der Waals surface area contributed by atoms with Gasteiger partial charge in [-0.3, -0.25) is 4.79 Å². The highest BCUT2D eigenvalue weighted by molar-refractivity contribution is 6.00. The number of ether oxygens (including phenoxy) is 2. The maximum Gasteiger partial charge on any atom is 0.407 e. The van der Waals surface area contributed by atoms with Gasteiger partial charge in [0.2, 0.25) is 0 Å². The highest BCUT2D eigenvalue weighted by Crippen LogP contribution is 2.23. The summed E-state index contributed by atoms with van der Waals surface area (Å²) in [5.41, 5.74) is 1.54. The Balaban J connectivity index is 1.94. The van der Waals surface area contributed by atoms with Crippen molar-refractivity contribution in [2.45, 2.75) is 13.5 Å². The van der Waals surface area contributed by atoms with Crippen molar-refractivity contribution in [3.05, 3.63) is 54.1 Å². The van der Waals surface area contributed by atoms with Crippen LogP contribution >= 0.6 is 0 Å². The van der Waals surface area contributed by atoms with Crippen molar-refractivity contribution in [2.24, 2.45) is 0 Å². The molecule has 0 spiro atoms. The first-order chi connectivity index (χ1) is 13.5. The first-order valence-corrected chi connectivity index (χ1v) is 8.59. The Labute approximate surface area is 161 Å². The second kappa shape index (κ2) is 10.7. The Morgan fingerprint density at radius 1 is 1.00 bits per heavy atom. The van der Waals surface area contributed by atoms with Crippen LogP contribution in [0.3, 0.4) is 0 Å². The fourth-order valence-corrected chi connectivity index (χ4v) is 2.28. The van der Waals surface area contributed by atoms with Gasteiger partial charge in [-0.15, -0.1) is 0 Å². The molecule has 0 aliphatic carbocycles. The van der Waals surface area contributed by atoms with E-state index in [1.54, 1.807) is 43.3 Å². The molecule has 0 saturated heterocycles. The van der Waals surface area contributed by atoms with Crippen molar-refractivity contribution in [3.63, 3.8) is 0 Å². The third kappa shape index (κ3) is 6.75. The van der Waals surface area contributed by atoms with Crippen molar-refractivity contribution in [3.8, 4) is 5.75 Å². The van der Waals surface area contributed by atoms with Crippen LogP contribution in [0.15, 0.2) is 48.5 Å². The average Bonchev–Trinajstić information content (AvgIpc) is 2.67. The van der Waals surface area contributed by atoms with E-state index in [4.69, 9.17) is 4.74 Å². The van der Waals surface area contributed by atoms with E-state index in [1.807, 2.05) is 0 Å². The zero-order valence-electron chi connectivity index (χ0n) is 15.2. The molecule has 2 amide bonds. The number of nitrogens with one attached hydrogen (secondary N) is 3. The molecule has 0 atom stereocenters. The summed E-state index contributed by atoms with van der Waals surface area (Å²) in [6.07, 6.45) is -0.543. The molecular weight excluding hydrogens is 372 g/mol. The smallest absolute Gasteiger partial charge is 0.407 e. The molecule has 2 rings (SSSR count). The second-order valence-corrected chi connectivity index (χ2v) is 5.48. The molecule has 0 unspecified atom stereocenters. The number of anilines is 2. The van der Waals surface area contributed by atoms with Gasteiger partial charge >= 0.3 is 12.7 Å². The first-order valence-electron chi connectivity index (χ1n) is 8.59. The molecule has 150 valence electrons. The molecule has 3 N–H and O–H groups in total. The third-order valence-corrected chi connectivity index (χ3v) is 3.49. The van der Waals surface area contributed by atoms with Crippen LogP contribution in [-0.2, 0) is 4.74 Å². The Bertz CT molecular complexity index is 785. The summed E-state index contributed by atoms with van der Waals surface area (Å²) < 4.78 is 33.4. The van der Waals surface area contributed by atoms with Crippen LogP contribution in [0.2, 0.25) is 0 Å². The monoisotopic (exact) mass is 393 g/mol. The minimum atomic E-state index is -2.89. The van der Waals surface area contributed by atoms with Crippen LogP contribution in [0.4, 0.5) is 25.0 Å². The molecule has 9 heteroatoms. The van der Waals surface area contributed by atoms with E-state index in [0.29, 0.717) is 16.9 Å². The summed E-state index contributed by atoms with van der Waals surface area (Å²) in [5, 5.41) is 8.27. The van der Waals surface area contributed by atoms with Gasteiger partial charge in [-0.2, -0.15) is 8.78 Å².